The molecule has 0 aliphatic carbocycles. The third-order valence-corrected chi connectivity index (χ3v) is 22.7. The first-order valence-electron chi connectivity index (χ1n) is 34.0. The first kappa shape index (κ1) is 76.3. The molecule has 5 aromatic carbocycles. The summed E-state index contributed by atoms with van der Waals surface area (Å²) in [6.07, 6.45) is -10.7. The van der Waals surface area contributed by atoms with Gasteiger partial charge in [-0.25, -0.2) is 26.4 Å². The topological polar surface area (TPSA) is 390 Å². The number of hydrogen-bond acceptors (Lipinski definition) is 22. The molecule has 9 N–H and O–H groups in total. The van der Waals surface area contributed by atoms with Gasteiger partial charge >= 0.3 is 23.9 Å². The van der Waals surface area contributed by atoms with Crippen molar-refractivity contribution < 1.29 is 110 Å². The van der Waals surface area contributed by atoms with E-state index in [2.05, 4.69) is 10.6 Å². The van der Waals surface area contributed by atoms with Crippen LogP contribution in [0.2, 0.25) is 0 Å². The summed E-state index contributed by atoms with van der Waals surface area (Å²) in [5.74, 6) is -6.19. The molecule has 5 fully saturated rings. The molecule has 0 bridgehead atoms. The summed E-state index contributed by atoms with van der Waals surface area (Å²) in [6, 6.07) is 34.8. The van der Waals surface area contributed by atoms with Crippen molar-refractivity contribution in [1.82, 2.24) is 8.61 Å². The lowest BCUT2D eigenvalue weighted by molar-refractivity contribution is -0.221. The van der Waals surface area contributed by atoms with Crippen LogP contribution in [0.15, 0.2) is 137 Å². The minimum absolute atomic E-state index is 0.0228. The van der Waals surface area contributed by atoms with Gasteiger partial charge in [0.15, 0.2) is 24.9 Å². The Morgan fingerprint density at radius 2 is 1.08 bits per heavy atom. The molecule has 101 heavy (non-hydrogen) atoms. The number of aliphatic hydroxyl groups is 5. The van der Waals surface area contributed by atoms with Gasteiger partial charge in [0.1, 0.15) is 30.5 Å². The quantitative estimate of drug-likeness (QED) is 0.0279. The van der Waals surface area contributed by atoms with Crippen molar-refractivity contribution >= 4 is 61.2 Å². The molecule has 0 aromatic heterocycles. The zero-order chi connectivity index (χ0) is 72.4. The third kappa shape index (κ3) is 19.1. The van der Waals surface area contributed by atoms with Crippen molar-refractivity contribution in [3.8, 4) is 0 Å². The minimum Gasteiger partial charge on any atom is -0.479 e. The summed E-state index contributed by atoms with van der Waals surface area (Å²) >= 11 is 0. The van der Waals surface area contributed by atoms with E-state index in [4.69, 9.17) is 33.2 Å². The van der Waals surface area contributed by atoms with E-state index < -0.39 is 123 Å². The zero-order valence-corrected chi connectivity index (χ0v) is 58.1. The molecule has 6 aliphatic rings. The number of carbonyl (C=O) groups excluding carboxylic acids is 3. The molecular weight excluding hydrogens is 1350 g/mol. The van der Waals surface area contributed by atoms with Crippen molar-refractivity contribution in [2.75, 3.05) is 63.2 Å². The largest absolute Gasteiger partial charge is 0.479 e. The maximum Gasteiger partial charge on any atom is 0.335 e. The highest BCUT2D eigenvalue weighted by Crippen LogP contribution is 2.39. The average Bonchev–Trinajstić information content (AvgIpc) is 1.69. The number of sulfonamides is 2. The van der Waals surface area contributed by atoms with Crippen molar-refractivity contribution in [1.29, 1.82) is 0 Å². The van der Waals surface area contributed by atoms with Crippen LogP contribution in [-0.2, 0) is 91.6 Å². The summed E-state index contributed by atoms with van der Waals surface area (Å²) < 4.78 is 98.2. The van der Waals surface area contributed by atoms with Crippen LogP contribution in [0.3, 0.4) is 0 Å². The lowest BCUT2D eigenvalue weighted by Gasteiger charge is -2.39. The molecule has 11 rings (SSSR count). The number of esters is 2. The first-order valence-corrected chi connectivity index (χ1v) is 36.9. The van der Waals surface area contributed by atoms with Crippen LogP contribution in [0.1, 0.15) is 91.9 Å². The molecule has 16 unspecified atom stereocenters. The number of benzene rings is 5. The Morgan fingerprint density at radius 1 is 0.594 bits per heavy atom. The molecule has 16 atom stereocenters. The number of carboxylic acid groups (broad SMARTS) is 2. The lowest BCUT2D eigenvalue weighted by atomic mass is 9.90. The number of nitrogens with zero attached hydrogens (tertiary/aromatic N) is 2. The number of nitrogens with one attached hydrogen (secondary N) is 2. The molecule has 0 radical (unpaired) electrons. The Morgan fingerprint density at radius 3 is 1.55 bits per heavy atom. The number of ether oxygens (including phenoxy) is 7. The number of carboxylic acids is 2. The Labute approximate surface area is 586 Å². The highest BCUT2D eigenvalue weighted by atomic mass is 32.2. The van der Waals surface area contributed by atoms with E-state index in [-0.39, 0.29) is 116 Å². The monoisotopic (exact) mass is 1440 g/mol. The van der Waals surface area contributed by atoms with Gasteiger partial charge in [0, 0.05) is 49.4 Å². The number of rotatable bonds is 30. The average molecular weight is 1440 g/mol. The zero-order valence-electron chi connectivity index (χ0n) is 56.5. The van der Waals surface area contributed by atoms with Crippen molar-refractivity contribution in [2.45, 2.75) is 156 Å². The van der Waals surface area contributed by atoms with Gasteiger partial charge < -0.3 is 79.5 Å². The Hall–Kier alpha value is -7.33. The van der Waals surface area contributed by atoms with Crippen LogP contribution in [0, 0.1) is 35.5 Å². The van der Waals surface area contributed by atoms with Crippen molar-refractivity contribution in [3.05, 3.63) is 155 Å². The van der Waals surface area contributed by atoms with E-state index in [0.29, 0.717) is 43.7 Å². The molecule has 27 nitrogen and oxygen atoms in total. The van der Waals surface area contributed by atoms with Crippen LogP contribution in [-0.4, -0.2) is 211 Å². The number of aromatic carboxylic acids is 1. The summed E-state index contributed by atoms with van der Waals surface area (Å²) in [4.78, 5) is 62.1. The fourth-order valence-electron chi connectivity index (χ4n) is 13.6. The second kappa shape index (κ2) is 33.9. The highest BCUT2D eigenvalue weighted by Gasteiger charge is 2.49. The SMILES string of the molecule is CC(C)CN(CC(O)C(CC(=O)OC1COC2OCCC12)Cc1ccccc1)S(=O)(=O)c1ccc(NC2OC(C(=O)O)C(O)C(O)C2O)cc1.CC(C)CN(CC(O)C(CC(=O)OC1COC2OCCC12)Cc1ccccc1)S(=O)(=O)c1ccc2c(c1)C(Cc1ccc(C(=O)O)cc1)C(=O)N2. The van der Waals surface area contributed by atoms with E-state index in [9.17, 15) is 76.6 Å². The Balaban J connectivity index is 0.000000218. The maximum atomic E-state index is 14.3. The van der Waals surface area contributed by atoms with Gasteiger partial charge in [-0.3, -0.25) is 14.4 Å². The molecule has 0 spiro atoms. The number of hydrogen-bond donors (Lipinski definition) is 9. The summed E-state index contributed by atoms with van der Waals surface area (Å²) in [7, 11) is -8.37. The summed E-state index contributed by atoms with van der Waals surface area (Å²) in [6.45, 7) is 8.61. The molecule has 6 aliphatic heterocycles. The van der Waals surface area contributed by atoms with E-state index in [1.54, 1.807) is 18.2 Å². The predicted octanol–water partition coefficient (Wildman–Crippen LogP) is 4.78. The molecular formula is C72H90N4O23S2. The number of carbonyl (C=O) groups is 5. The van der Waals surface area contributed by atoms with Gasteiger partial charge in [-0.05, 0) is 121 Å². The second-order valence-electron chi connectivity index (χ2n) is 27.4. The van der Waals surface area contributed by atoms with Gasteiger partial charge in [-0.15, -0.1) is 0 Å². The van der Waals surface area contributed by atoms with E-state index >= 15 is 0 Å². The maximum absolute atomic E-state index is 14.3. The predicted molar refractivity (Wildman–Crippen MR) is 362 cm³/mol. The third-order valence-electron chi connectivity index (χ3n) is 19.0. The molecule has 1 amide bonds. The van der Waals surface area contributed by atoms with Crippen molar-refractivity contribution in [2.24, 2.45) is 35.5 Å². The smallest absolute Gasteiger partial charge is 0.335 e. The lowest BCUT2D eigenvalue weighted by Crippen LogP contribution is -2.61. The number of aliphatic carboxylic acids is 1. The standard InChI is InChI=1S/C38H44N2O10S.C34H46N2O13S/c1-23(2)20-40(21-33(41)27(16-24-6-4-3-5-7-24)18-35(42)50-34-22-49-38-29(34)14-15-48-38)51(46,47)28-12-13-32-30(19-28)31(36(43)39-32)17-25-8-10-26(11-9-25)37(44)45;1-19(2)16-36(50(44,45)23-10-8-22(9-11-23)35-32-30(41)28(39)29(40)31(49-32)33(42)43)17-25(37)21(14-20-6-4-3-5-7-20)15-27(38)48-26-18-47-34-24(26)12-13-46-34/h3-13,19,23,27,29,31,33-34,38,41H,14-18,20-22H2,1-2H3,(H,39,43)(H,44,45);3-11,19,21,24-26,28-32,34-35,37,39-41H,12-18H2,1-2H3,(H,42,43). The molecule has 29 heteroatoms. The number of anilines is 2. The summed E-state index contributed by atoms with van der Waals surface area (Å²) in [5.41, 5.74) is 3.87. The Kier molecular flexibility index (Phi) is 25.6. The fraction of sp³-hybridized carbons (Fsp3) is 0.514. The first-order chi connectivity index (χ1) is 48.1. The molecule has 0 saturated carbocycles. The molecule has 6 heterocycles. The van der Waals surface area contributed by atoms with Crippen molar-refractivity contribution in [3.63, 3.8) is 0 Å². The van der Waals surface area contributed by atoms with Crippen LogP contribution in [0.4, 0.5) is 11.4 Å². The van der Waals surface area contributed by atoms with E-state index in [0.717, 1.165) is 23.1 Å². The number of amides is 1. The van der Waals surface area contributed by atoms with E-state index in [1.807, 2.05) is 88.4 Å². The second-order valence-corrected chi connectivity index (χ2v) is 31.3. The van der Waals surface area contributed by atoms with Crippen LogP contribution in [0.25, 0.3) is 0 Å². The Bertz CT molecular complexity index is 3870. The number of aliphatic hydroxyl groups excluding tert-OH is 5. The minimum atomic E-state index is -4.18. The van der Waals surface area contributed by atoms with Crippen LogP contribution < -0.4 is 10.6 Å². The molecule has 548 valence electrons. The van der Waals surface area contributed by atoms with Gasteiger partial charge in [0.25, 0.3) is 0 Å². The normalized spacial score (nSPS) is 25.9. The van der Waals surface area contributed by atoms with Crippen LogP contribution >= 0.6 is 0 Å². The van der Waals surface area contributed by atoms with Gasteiger partial charge in [0.2, 0.25) is 26.0 Å². The van der Waals surface area contributed by atoms with E-state index in [1.165, 1.54) is 57.1 Å². The van der Waals surface area contributed by atoms with Crippen LogP contribution in [0.5, 0.6) is 0 Å². The highest BCUT2D eigenvalue weighted by molar-refractivity contribution is 7.89. The van der Waals surface area contributed by atoms with Gasteiger partial charge in [-0.2, -0.15) is 8.61 Å². The van der Waals surface area contributed by atoms with Gasteiger partial charge in [-0.1, -0.05) is 100 Å². The van der Waals surface area contributed by atoms with Gasteiger partial charge in [0.05, 0.1) is 84.6 Å². The summed E-state index contributed by atoms with van der Waals surface area (Å²) in [5, 5.41) is 77.8. The molecule has 5 saturated heterocycles. The fourth-order valence-corrected chi connectivity index (χ4v) is 16.9. The number of fused-ring (bicyclic) bond motifs is 3. The molecule has 5 aromatic rings.